The van der Waals surface area contributed by atoms with Crippen molar-refractivity contribution in [2.75, 3.05) is 11.9 Å². The number of hydrogen-bond donors (Lipinski definition) is 2. The maximum absolute atomic E-state index is 5.36. The summed E-state index contributed by atoms with van der Waals surface area (Å²) in [5, 5.41) is 17.7. The zero-order chi connectivity index (χ0) is 12.1. The number of rotatable bonds is 6. The van der Waals surface area contributed by atoms with Crippen LogP contribution in [0.3, 0.4) is 0 Å². The van der Waals surface area contributed by atoms with Crippen molar-refractivity contribution in [2.45, 2.75) is 26.9 Å². The van der Waals surface area contributed by atoms with E-state index in [1.807, 2.05) is 19.9 Å². The molecule has 2 rings (SSSR count). The van der Waals surface area contributed by atoms with Crippen LogP contribution in [0.5, 0.6) is 0 Å². The van der Waals surface area contributed by atoms with E-state index in [-0.39, 0.29) is 0 Å². The van der Waals surface area contributed by atoms with Gasteiger partial charge in [0.05, 0.1) is 13.1 Å². The average molecular weight is 237 g/mol. The third kappa shape index (κ3) is 3.28. The molecule has 0 unspecified atom stereocenters. The first-order chi connectivity index (χ1) is 8.28. The lowest BCUT2D eigenvalue weighted by molar-refractivity contribution is 0.391. The fourth-order valence-corrected chi connectivity index (χ4v) is 1.30. The van der Waals surface area contributed by atoms with Crippen LogP contribution in [0.25, 0.3) is 0 Å². The summed E-state index contributed by atoms with van der Waals surface area (Å²) in [6.07, 6.45) is 0. The van der Waals surface area contributed by atoms with Gasteiger partial charge in [0, 0.05) is 6.07 Å². The summed E-state index contributed by atoms with van der Waals surface area (Å²) >= 11 is 0. The van der Waals surface area contributed by atoms with E-state index in [9.17, 15) is 0 Å². The van der Waals surface area contributed by atoms with Gasteiger partial charge in [-0.1, -0.05) is 17.2 Å². The maximum atomic E-state index is 5.36. The van der Waals surface area contributed by atoms with E-state index < -0.39 is 0 Å². The van der Waals surface area contributed by atoms with Gasteiger partial charge in [-0.05, 0) is 13.5 Å². The van der Waals surface area contributed by atoms with Gasteiger partial charge in [0.1, 0.15) is 11.5 Å². The first kappa shape index (κ1) is 11.6. The molecule has 0 bridgehead atoms. The van der Waals surface area contributed by atoms with Crippen molar-refractivity contribution in [3.05, 3.63) is 23.4 Å². The predicted molar refractivity (Wildman–Crippen MR) is 60.2 cm³/mol. The third-order valence-corrected chi connectivity index (χ3v) is 2.09. The van der Waals surface area contributed by atoms with Crippen LogP contribution in [0.15, 0.2) is 15.0 Å². The van der Waals surface area contributed by atoms with Crippen molar-refractivity contribution < 1.29 is 8.94 Å². The van der Waals surface area contributed by atoms with Crippen molar-refractivity contribution in [3.8, 4) is 0 Å². The summed E-state index contributed by atoms with van der Waals surface area (Å²) in [7, 11) is 0. The quantitative estimate of drug-likeness (QED) is 0.777. The van der Waals surface area contributed by atoms with Crippen molar-refractivity contribution in [2.24, 2.45) is 0 Å². The van der Waals surface area contributed by atoms with Gasteiger partial charge in [0.25, 0.3) is 0 Å². The minimum atomic E-state index is 0.388. The van der Waals surface area contributed by atoms with E-state index in [1.54, 1.807) is 0 Å². The van der Waals surface area contributed by atoms with Crippen LogP contribution in [0.4, 0.5) is 6.01 Å². The highest BCUT2D eigenvalue weighted by Crippen LogP contribution is 2.08. The number of aryl methyl sites for hydroxylation is 1. The molecule has 0 aliphatic carbocycles. The van der Waals surface area contributed by atoms with Crippen molar-refractivity contribution in [1.82, 2.24) is 20.7 Å². The molecular formula is C10H15N5O2. The summed E-state index contributed by atoms with van der Waals surface area (Å²) in [6, 6.07) is 2.24. The van der Waals surface area contributed by atoms with Gasteiger partial charge >= 0.3 is 6.01 Å². The van der Waals surface area contributed by atoms with Crippen molar-refractivity contribution in [1.29, 1.82) is 0 Å². The molecular weight excluding hydrogens is 222 g/mol. The Hall–Kier alpha value is -1.89. The Kier molecular flexibility index (Phi) is 3.71. The Morgan fingerprint density at radius 3 is 2.88 bits per heavy atom. The SMILES string of the molecule is CCNCc1nnc(NCc2cc(C)on2)o1. The topological polar surface area (TPSA) is 89.0 Å². The number of hydrogen-bond acceptors (Lipinski definition) is 7. The van der Waals surface area contributed by atoms with Crippen LogP contribution >= 0.6 is 0 Å². The predicted octanol–water partition coefficient (Wildman–Crippen LogP) is 1.09. The van der Waals surface area contributed by atoms with Gasteiger partial charge < -0.3 is 19.6 Å². The number of nitrogens with zero attached hydrogens (tertiary/aromatic N) is 3. The van der Waals surface area contributed by atoms with Crippen LogP contribution in [-0.2, 0) is 13.1 Å². The fourth-order valence-electron chi connectivity index (χ4n) is 1.30. The molecule has 0 aliphatic heterocycles. The first-order valence-corrected chi connectivity index (χ1v) is 5.47. The van der Waals surface area contributed by atoms with Gasteiger partial charge in [-0.15, -0.1) is 5.10 Å². The molecule has 0 aliphatic rings. The Morgan fingerprint density at radius 2 is 2.18 bits per heavy atom. The molecule has 0 aromatic carbocycles. The molecule has 2 heterocycles. The molecule has 2 aromatic heterocycles. The van der Waals surface area contributed by atoms with E-state index >= 15 is 0 Å². The second-order valence-corrected chi connectivity index (χ2v) is 3.56. The zero-order valence-electron chi connectivity index (χ0n) is 9.86. The summed E-state index contributed by atoms with van der Waals surface area (Å²) in [5.41, 5.74) is 0.800. The van der Waals surface area contributed by atoms with Crippen LogP contribution in [0.1, 0.15) is 24.3 Å². The molecule has 0 fully saturated rings. The normalized spacial score (nSPS) is 10.7. The smallest absolute Gasteiger partial charge is 0.315 e. The first-order valence-electron chi connectivity index (χ1n) is 5.47. The minimum absolute atomic E-state index is 0.388. The lowest BCUT2D eigenvalue weighted by Crippen LogP contribution is -2.11. The van der Waals surface area contributed by atoms with Gasteiger partial charge in [-0.3, -0.25) is 0 Å². The van der Waals surface area contributed by atoms with Gasteiger partial charge in [0.15, 0.2) is 0 Å². The molecule has 7 nitrogen and oxygen atoms in total. The van der Waals surface area contributed by atoms with Crippen LogP contribution in [-0.4, -0.2) is 21.9 Å². The second kappa shape index (κ2) is 5.44. The molecule has 0 atom stereocenters. The van der Waals surface area contributed by atoms with Crippen LogP contribution in [0.2, 0.25) is 0 Å². The number of nitrogens with one attached hydrogen (secondary N) is 2. The molecule has 0 saturated heterocycles. The molecule has 0 spiro atoms. The molecule has 92 valence electrons. The Labute approximate surface area is 98.6 Å². The summed E-state index contributed by atoms with van der Waals surface area (Å²) in [6.45, 7) is 5.80. The monoisotopic (exact) mass is 237 g/mol. The van der Waals surface area contributed by atoms with Gasteiger partial charge in [0.2, 0.25) is 5.89 Å². The summed E-state index contributed by atoms with van der Waals surface area (Å²) in [5.74, 6) is 1.34. The highest BCUT2D eigenvalue weighted by Gasteiger charge is 2.06. The van der Waals surface area contributed by atoms with Gasteiger partial charge in [-0.2, -0.15) is 0 Å². The highest BCUT2D eigenvalue weighted by atomic mass is 16.5. The number of anilines is 1. The molecule has 2 aromatic rings. The van der Waals surface area contributed by atoms with E-state index in [0.29, 0.717) is 25.0 Å². The largest absolute Gasteiger partial charge is 0.407 e. The molecule has 7 heteroatoms. The highest BCUT2D eigenvalue weighted by molar-refractivity contribution is 5.19. The van der Waals surface area contributed by atoms with E-state index in [2.05, 4.69) is 26.0 Å². The maximum Gasteiger partial charge on any atom is 0.315 e. The lowest BCUT2D eigenvalue weighted by atomic mass is 10.4. The molecule has 0 radical (unpaired) electrons. The van der Waals surface area contributed by atoms with E-state index in [1.165, 1.54) is 0 Å². The summed E-state index contributed by atoms with van der Waals surface area (Å²) in [4.78, 5) is 0. The fraction of sp³-hybridized carbons (Fsp3) is 0.500. The Morgan fingerprint density at radius 1 is 1.29 bits per heavy atom. The standard InChI is InChI=1S/C10H15N5O2/c1-3-11-6-9-13-14-10(16-9)12-5-8-4-7(2)17-15-8/h4,11H,3,5-6H2,1-2H3,(H,12,14). The lowest BCUT2D eigenvalue weighted by Gasteiger charge is -1.96. The zero-order valence-corrected chi connectivity index (χ0v) is 9.86. The van der Waals surface area contributed by atoms with E-state index in [4.69, 9.17) is 8.94 Å². The minimum Gasteiger partial charge on any atom is -0.407 e. The second-order valence-electron chi connectivity index (χ2n) is 3.56. The summed E-state index contributed by atoms with van der Waals surface area (Å²) < 4.78 is 10.3. The Balaban J connectivity index is 1.84. The number of aromatic nitrogens is 3. The van der Waals surface area contributed by atoms with Crippen molar-refractivity contribution in [3.63, 3.8) is 0 Å². The van der Waals surface area contributed by atoms with Gasteiger partial charge in [-0.25, -0.2) is 0 Å². The molecule has 17 heavy (non-hydrogen) atoms. The van der Waals surface area contributed by atoms with Crippen LogP contribution < -0.4 is 10.6 Å². The Bertz CT molecular complexity index is 465. The average Bonchev–Trinajstić information content (AvgIpc) is 2.93. The van der Waals surface area contributed by atoms with Crippen molar-refractivity contribution >= 4 is 6.01 Å². The van der Waals surface area contributed by atoms with E-state index in [0.717, 1.165) is 18.0 Å². The van der Waals surface area contributed by atoms with Crippen LogP contribution in [0, 0.1) is 6.92 Å². The molecule has 0 saturated carbocycles. The molecule has 2 N–H and O–H groups in total. The molecule has 0 amide bonds. The third-order valence-electron chi connectivity index (χ3n) is 2.09.